The molecule has 4 heteroatoms. The molecule has 2 aliphatic rings. The molecule has 10 heavy (non-hydrogen) atoms. The molecule has 0 unspecified atom stereocenters. The maximum absolute atomic E-state index is 10.4. The fourth-order valence-corrected chi connectivity index (χ4v) is 1.61. The zero-order valence-electron chi connectivity index (χ0n) is 5.58. The first-order chi connectivity index (χ1) is 4.77. The van der Waals surface area contributed by atoms with Crippen LogP contribution < -0.4 is 5.32 Å². The van der Waals surface area contributed by atoms with Gasteiger partial charge in [0.05, 0.1) is 0 Å². The summed E-state index contributed by atoms with van der Waals surface area (Å²) in [7, 11) is 0. The van der Waals surface area contributed by atoms with Gasteiger partial charge in [-0.2, -0.15) is 0 Å². The van der Waals surface area contributed by atoms with Crippen molar-refractivity contribution in [2.45, 2.75) is 6.04 Å². The van der Waals surface area contributed by atoms with Gasteiger partial charge in [0.2, 0.25) is 0 Å². The second kappa shape index (κ2) is 1.85. The molecule has 0 spiro atoms. The van der Waals surface area contributed by atoms with E-state index in [1.807, 2.05) is 0 Å². The van der Waals surface area contributed by atoms with Crippen molar-refractivity contribution in [1.29, 1.82) is 0 Å². The van der Waals surface area contributed by atoms with Gasteiger partial charge in [0.25, 0.3) is 0 Å². The minimum Gasteiger partial charge on any atom is -0.465 e. The number of nitrogens with zero attached hydrogens (tertiary/aromatic N) is 1. The second-order valence-electron chi connectivity index (χ2n) is 2.96. The number of fused-ring (bicyclic) bond motifs is 1. The fraction of sp³-hybridized carbons (Fsp3) is 0.833. The Morgan fingerprint density at radius 1 is 1.60 bits per heavy atom. The van der Waals surface area contributed by atoms with Crippen LogP contribution in [0.5, 0.6) is 0 Å². The molecule has 2 heterocycles. The van der Waals surface area contributed by atoms with Gasteiger partial charge in [-0.25, -0.2) is 4.79 Å². The Morgan fingerprint density at radius 2 is 2.40 bits per heavy atom. The minimum absolute atomic E-state index is 0.455. The maximum atomic E-state index is 10.4. The van der Waals surface area contributed by atoms with E-state index in [4.69, 9.17) is 5.11 Å². The predicted octanol–water partition coefficient (Wildman–Crippen LogP) is -0.432. The van der Waals surface area contributed by atoms with Crippen LogP contribution in [0.4, 0.5) is 4.79 Å². The molecular formula is C6H10N2O2. The Hall–Kier alpha value is -0.770. The highest BCUT2D eigenvalue weighted by Crippen LogP contribution is 2.22. The van der Waals surface area contributed by atoms with Crippen LogP contribution in [-0.2, 0) is 0 Å². The lowest BCUT2D eigenvalue weighted by Gasteiger charge is -2.29. The Balaban J connectivity index is 1.98. The molecule has 0 aromatic carbocycles. The molecule has 2 aliphatic heterocycles. The Kier molecular flexibility index (Phi) is 1.11. The summed E-state index contributed by atoms with van der Waals surface area (Å²) in [5, 5.41) is 11.8. The van der Waals surface area contributed by atoms with Crippen molar-refractivity contribution in [3.8, 4) is 0 Å². The van der Waals surface area contributed by atoms with E-state index in [2.05, 4.69) is 5.32 Å². The van der Waals surface area contributed by atoms with Crippen molar-refractivity contribution in [2.24, 2.45) is 5.92 Å². The third-order valence-electron chi connectivity index (χ3n) is 2.35. The van der Waals surface area contributed by atoms with Crippen molar-refractivity contribution in [3.05, 3.63) is 0 Å². The molecule has 2 N–H and O–H groups in total. The average molecular weight is 142 g/mol. The summed E-state index contributed by atoms with van der Waals surface area (Å²) in [6, 6.07) is 0.455. The third-order valence-corrected chi connectivity index (χ3v) is 2.35. The van der Waals surface area contributed by atoms with Gasteiger partial charge in [0.1, 0.15) is 0 Å². The standard InChI is InChI=1S/C6H10N2O2/c9-6(10)8-2-4-1-7-5(4)3-8/h4-5,7H,1-3H2,(H,9,10)/t4-,5-/m1/s1. The first kappa shape index (κ1) is 5.97. The lowest BCUT2D eigenvalue weighted by atomic mass is 9.96. The first-order valence-electron chi connectivity index (χ1n) is 3.48. The number of likely N-dealkylation sites (tertiary alicyclic amines) is 1. The smallest absolute Gasteiger partial charge is 0.407 e. The van der Waals surface area contributed by atoms with Gasteiger partial charge in [0, 0.05) is 31.6 Å². The Labute approximate surface area is 58.8 Å². The molecule has 0 aliphatic carbocycles. The van der Waals surface area contributed by atoms with Gasteiger partial charge >= 0.3 is 6.09 Å². The van der Waals surface area contributed by atoms with Gasteiger partial charge in [-0.15, -0.1) is 0 Å². The van der Waals surface area contributed by atoms with E-state index < -0.39 is 6.09 Å². The van der Waals surface area contributed by atoms with Crippen molar-refractivity contribution >= 4 is 6.09 Å². The molecule has 56 valence electrons. The monoisotopic (exact) mass is 142 g/mol. The molecule has 1 amide bonds. The zero-order valence-corrected chi connectivity index (χ0v) is 5.58. The van der Waals surface area contributed by atoms with Crippen molar-refractivity contribution < 1.29 is 9.90 Å². The molecule has 2 atom stereocenters. The fourth-order valence-electron chi connectivity index (χ4n) is 1.61. The van der Waals surface area contributed by atoms with Gasteiger partial charge in [0.15, 0.2) is 0 Å². The van der Waals surface area contributed by atoms with E-state index in [1.165, 1.54) is 4.90 Å². The highest BCUT2D eigenvalue weighted by Gasteiger charge is 2.40. The molecule has 2 rings (SSSR count). The molecule has 0 saturated carbocycles. The molecule has 4 nitrogen and oxygen atoms in total. The molecule has 0 aromatic heterocycles. The van der Waals surface area contributed by atoms with Gasteiger partial charge in [-0.3, -0.25) is 0 Å². The molecule has 0 radical (unpaired) electrons. The normalized spacial score (nSPS) is 37.0. The van der Waals surface area contributed by atoms with Crippen LogP contribution in [0, 0.1) is 5.92 Å². The van der Waals surface area contributed by atoms with Crippen LogP contribution >= 0.6 is 0 Å². The van der Waals surface area contributed by atoms with Crippen molar-refractivity contribution in [3.63, 3.8) is 0 Å². The lowest BCUT2D eigenvalue weighted by molar-refractivity contribution is 0.155. The number of carbonyl (C=O) groups is 1. The molecule has 0 bridgehead atoms. The number of nitrogens with one attached hydrogen (secondary N) is 1. The molecule has 2 saturated heterocycles. The van der Waals surface area contributed by atoms with Crippen LogP contribution in [0.3, 0.4) is 0 Å². The van der Waals surface area contributed by atoms with Gasteiger partial charge < -0.3 is 15.3 Å². The topological polar surface area (TPSA) is 52.6 Å². The van der Waals surface area contributed by atoms with Crippen LogP contribution in [0.1, 0.15) is 0 Å². The third kappa shape index (κ3) is 0.686. The molecular weight excluding hydrogens is 132 g/mol. The van der Waals surface area contributed by atoms with E-state index in [1.54, 1.807) is 0 Å². The van der Waals surface area contributed by atoms with Crippen LogP contribution in [0.15, 0.2) is 0 Å². The lowest BCUT2D eigenvalue weighted by Crippen LogP contribution is -2.51. The second-order valence-corrected chi connectivity index (χ2v) is 2.96. The summed E-state index contributed by atoms with van der Waals surface area (Å²) in [5.41, 5.74) is 0. The largest absolute Gasteiger partial charge is 0.465 e. The molecule has 0 aromatic rings. The predicted molar refractivity (Wildman–Crippen MR) is 34.9 cm³/mol. The summed E-state index contributed by atoms with van der Waals surface area (Å²) >= 11 is 0. The first-order valence-corrected chi connectivity index (χ1v) is 3.48. The Bertz CT molecular complexity index is 159. The summed E-state index contributed by atoms with van der Waals surface area (Å²) in [4.78, 5) is 11.9. The number of carboxylic acid groups (broad SMARTS) is 1. The van der Waals surface area contributed by atoms with E-state index in [0.717, 1.165) is 13.1 Å². The number of hydrogen-bond donors (Lipinski definition) is 2. The van der Waals surface area contributed by atoms with E-state index in [0.29, 0.717) is 18.5 Å². The van der Waals surface area contributed by atoms with Gasteiger partial charge in [-0.05, 0) is 0 Å². The highest BCUT2D eigenvalue weighted by molar-refractivity contribution is 5.65. The van der Waals surface area contributed by atoms with Gasteiger partial charge in [-0.1, -0.05) is 0 Å². The van der Waals surface area contributed by atoms with E-state index in [-0.39, 0.29) is 0 Å². The van der Waals surface area contributed by atoms with Crippen molar-refractivity contribution in [1.82, 2.24) is 10.2 Å². The summed E-state index contributed by atoms with van der Waals surface area (Å²) in [6.07, 6.45) is -0.781. The highest BCUT2D eigenvalue weighted by atomic mass is 16.4. The van der Waals surface area contributed by atoms with E-state index in [9.17, 15) is 4.79 Å². The SMILES string of the molecule is O=C(O)N1C[C@H]2CN[C@@H]2C1. The van der Waals surface area contributed by atoms with Crippen molar-refractivity contribution in [2.75, 3.05) is 19.6 Å². The summed E-state index contributed by atoms with van der Waals surface area (Å²) < 4.78 is 0. The number of hydrogen-bond acceptors (Lipinski definition) is 2. The summed E-state index contributed by atoms with van der Waals surface area (Å²) in [6.45, 7) is 2.40. The van der Waals surface area contributed by atoms with Crippen LogP contribution in [-0.4, -0.2) is 41.8 Å². The van der Waals surface area contributed by atoms with Crippen LogP contribution in [0.25, 0.3) is 0 Å². The number of amides is 1. The quantitative estimate of drug-likeness (QED) is 0.482. The van der Waals surface area contributed by atoms with Crippen LogP contribution in [0.2, 0.25) is 0 Å². The molecule has 2 fully saturated rings. The van der Waals surface area contributed by atoms with E-state index >= 15 is 0 Å². The number of rotatable bonds is 0. The minimum atomic E-state index is -0.781. The average Bonchev–Trinajstić information content (AvgIpc) is 2.09. The Morgan fingerprint density at radius 3 is 2.70 bits per heavy atom. The summed E-state index contributed by atoms with van der Waals surface area (Å²) in [5.74, 6) is 0.594. The maximum Gasteiger partial charge on any atom is 0.407 e. The zero-order chi connectivity index (χ0) is 7.14.